The fourth-order valence-corrected chi connectivity index (χ4v) is 4.47. The van der Waals surface area contributed by atoms with Crippen LogP contribution >= 0.6 is 11.3 Å². The zero-order chi connectivity index (χ0) is 17.8. The number of halogens is 2. The molecular weight excluding hydrogens is 350 g/mol. The van der Waals surface area contributed by atoms with Crippen molar-refractivity contribution in [2.24, 2.45) is 0 Å². The molecule has 0 amide bonds. The summed E-state index contributed by atoms with van der Waals surface area (Å²) in [7, 11) is 0. The van der Waals surface area contributed by atoms with E-state index in [0.29, 0.717) is 11.5 Å². The summed E-state index contributed by atoms with van der Waals surface area (Å²) in [5, 5.41) is 7.57. The Hall–Kier alpha value is -2.53. The first-order chi connectivity index (χ1) is 12.6. The predicted molar refractivity (Wildman–Crippen MR) is 103 cm³/mol. The topological polar surface area (TPSA) is 24.9 Å². The maximum atomic E-state index is 14.2. The summed E-state index contributed by atoms with van der Waals surface area (Å²) in [5.41, 5.74) is 3.74. The summed E-state index contributed by atoms with van der Waals surface area (Å²) in [4.78, 5) is 4.50. The number of anilines is 2. The van der Waals surface area contributed by atoms with Gasteiger partial charge in [0.05, 0.1) is 11.2 Å². The van der Waals surface area contributed by atoms with Gasteiger partial charge < -0.3 is 5.32 Å². The molecule has 0 radical (unpaired) electrons. The van der Waals surface area contributed by atoms with Crippen LogP contribution in [0.3, 0.4) is 0 Å². The first kappa shape index (κ1) is 15.7. The molecule has 130 valence electrons. The molecular formula is C21H16F2N2S. The van der Waals surface area contributed by atoms with Crippen LogP contribution in [-0.4, -0.2) is 4.98 Å². The second-order valence-corrected chi connectivity index (χ2v) is 7.81. The van der Waals surface area contributed by atoms with Gasteiger partial charge >= 0.3 is 0 Å². The highest BCUT2D eigenvalue weighted by Crippen LogP contribution is 2.46. The molecule has 0 aliphatic heterocycles. The lowest BCUT2D eigenvalue weighted by Crippen LogP contribution is -1.98. The monoisotopic (exact) mass is 366 g/mol. The average molecular weight is 366 g/mol. The Balaban J connectivity index is 1.64. The highest BCUT2D eigenvalue weighted by molar-refractivity contribution is 7.17. The standard InChI is InChI=1S/C21H16F2N2S/c1-11-6-20(17(23)9-16(11)22)25-18-4-5-24-19-7-13-15(12-2-3-12)10-26-21(13)8-14(18)19/h4-10,12H,2-3H2,1H3,(H,24,25). The number of nitrogens with zero attached hydrogens (tertiary/aromatic N) is 1. The normalized spacial score (nSPS) is 14.3. The molecule has 2 aromatic carbocycles. The summed E-state index contributed by atoms with van der Waals surface area (Å²) in [6.45, 7) is 1.62. The van der Waals surface area contributed by atoms with Gasteiger partial charge in [-0.05, 0) is 71.8 Å². The second-order valence-electron chi connectivity index (χ2n) is 6.90. The van der Waals surface area contributed by atoms with Crippen LogP contribution in [0.5, 0.6) is 0 Å². The Morgan fingerprint density at radius 1 is 1.04 bits per heavy atom. The van der Waals surface area contributed by atoms with Crippen LogP contribution in [0.25, 0.3) is 21.0 Å². The van der Waals surface area contributed by atoms with E-state index in [4.69, 9.17) is 0 Å². The minimum absolute atomic E-state index is 0.265. The van der Waals surface area contributed by atoms with Crippen LogP contribution in [0.15, 0.2) is 41.9 Å². The molecule has 26 heavy (non-hydrogen) atoms. The molecule has 5 rings (SSSR count). The number of hydrogen-bond donors (Lipinski definition) is 1. The van der Waals surface area contributed by atoms with E-state index in [1.54, 1.807) is 24.5 Å². The first-order valence-electron chi connectivity index (χ1n) is 8.62. The van der Waals surface area contributed by atoms with Crippen LogP contribution in [0.1, 0.15) is 29.9 Å². The van der Waals surface area contributed by atoms with Crippen molar-refractivity contribution < 1.29 is 8.78 Å². The zero-order valence-electron chi connectivity index (χ0n) is 14.1. The number of hydrogen-bond acceptors (Lipinski definition) is 3. The molecule has 2 nitrogen and oxygen atoms in total. The maximum Gasteiger partial charge on any atom is 0.149 e. The molecule has 0 bridgehead atoms. The number of thiophene rings is 1. The Morgan fingerprint density at radius 3 is 2.69 bits per heavy atom. The Bertz CT molecular complexity index is 1160. The maximum absolute atomic E-state index is 14.2. The molecule has 4 aromatic rings. The highest BCUT2D eigenvalue weighted by Gasteiger charge is 2.26. The van der Waals surface area contributed by atoms with Crippen molar-refractivity contribution in [3.05, 3.63) is 64.7 Å². The Kier molecular flexibility index (Phi) is 3.47. The van der Waals surface area contributed by atoms with Gasteiger partial charge in [-0.2, -0.15) is 0 Å². The highest BCUT2D eigenvalue weighted by atomic mass is 32.1. The number of pyridine rings is 1. The van der Waals surface area contributed by atoms with Gasteiger partial charge in [0.2, 0.25) is 0 Å². The van der Waals surface area contributed by atoms with Crippen LogP contribution < -0.4 is 5.32 Å². The lowest BCUT2D eigenvalue weighted by molar-refractivity contribution is 0.580. The predicted octanol–water partition coefficient (Wildman–Crippen LogP) is 6.66. The van der Waals surface area contributed by atoms with Crippen molar-refractivity contribution in [1.29, 1.82) is 0 Å². The molecule has 0 atom stereocenters. The van der Waals surface area contributed by atoms with Gasteiger partial charge in [-0.25, -0.2) is 8.78 Å². The summed E-state index contributed by atoms with van der Waals surface area (Å²) < 4.78 is 28.9. The fraction of sp³-hybridized carbons (Fsp3) is 0.190. The number of benzene rings is 2. The minimum atomic E-state index is -0.605. The molecule has 1 aliphatic carbocycles. The number of nitrogens with one attached hydrogen (secondary N) is 1. The first-order valence-corrected chi connectivity index (χ1v) is 9.50. The van der Waals surface area contributed by atoms with Crippen LogP contribution in [0, 0.1) is 18.6 Å². The molecule has 1 fully saturated rings. The number of aromatic nitrogens is 1. The van der Waals surface area contributed by atoms with Crippen molar-refractivity contribution >= 4 is 43.7 Å². The smallest absolute Gasteiger partial charge is 0.149 e. The quantitative estimate of drug-likeness (QED) is 0.439. The largest absolute Gasteiger partial charge is 0.353 e. The summed E-state index contributed by atoms with van der Waals surface area (Å²) >= 11 is 1.74. The second kappa shape index (κ2) is 5.74. The van der Waals surface area contributed by atoms with E-state index in [-0.39, 0.29) is 5.69 Å². The molecule has 5 heteroatoms. The van der Waals surface area contributed by atoms with Crippen molar-refractivity contribution in [2.75, 3.05) is 5.32 Å². The summed E-state index contributed by atoms with van der Waals surface area (Å²) in [5.74, 6) is -0.453. The van der Waals surface area contributed by atoms with E-state index >= 15 is 0 Å². The lowest BCUT2D eigenvalue weighted by Gasteiger charge is -2.12. The van der Waals surface area contributed by atoms with Crippen LogP contribution in [0.4, 0.5) is 20.2 Å². The van der Waals surface area contributed by atoms with Crippen molar-refractivity contribution in [1.82, 2.24) is 4.98 Å². The van der Waals surface area contributed by atoms with Crippen LogP contribution in [-0.2, 0) is 0 Å². The van der Waals surface area contributed by atoms with E-state index in [1.807, 2.05) is 6.07 Å². The van der Waals surface area contributed by atoms with Gasteiger partial charge in [-0.1, -0.05) is 0 Å². The SMILES string of the molecule is Cc1cc(Nc2ccnc3cc4c(C5CC5)csc4cc23)c(F)cc1F. The number of fused-ring (bicyclic) bond motifs is 2. The molecule has 2 aromatic heterocycles. The molecule has 1 aliphatic rings. The summed E-state index contributed by atoms with van der Waals surface area (Å²) in [6.07, 6.45) is 4.25. The number of rotatable bonds is 3. The lowest BCUT2D eigenvalue weighted by atomic mass is 10.1. The molecule has 0 unspecified atom stereocenters. The summed E-state index contributed by atoms with van der Waals surface area (Å²) in [6, 6.07) is 8.48. The van der Waals surface area contributed by atoms with Crippen molar-refractivity contribution in [2.45, 2.75) is 25.7 Å². The zero-order valence-corrected chi connectivity index (χ0v) is 15.0. The fourth-order valence-electron chi connectivity index (χ4n) is 3.40. The minimum Gasteiger partial charge on any atom is -0.353 e. The average Bonchev–Trinajstić information content (AvgIpc) is 3.38. The van der Waals surface area contributed by atoms with E-state index in [1.165, 1.54) is 34.6 Å². The van der Waals surface area contributed by atoms with Gasteiger partial charge in [-0.3, -0.25) is 4.98 Å². The van der Waals surface area contributed by atoms with E-state index in [9.17, 15) is 8.78 Å². The number of aryl methyl sites for hydroxylation is 1. The van der Waals surface area contributed by atoms with Gasteiger partial charge in [-0.15, -0.1) is 11.3 Å². The molecule has 1 N–H and O–H groups in total. The van der Waals surface area contributed by atoms with Gasteiger partial charge in [0, 0.05) is 28.0 Å². The molecule has 2 heterocycles. The molecule has 0 spiro atoms. The molecule has 1 saturated carbocycles. The third-order valence-corrected chi connectivity index (χ3v) is 5.97. The van der Waals surface area contributed by atoms with E-state index in [2.05, 4.69) is 27.8 Å². The van der Waals surface area contributed by atoms with Crippen LogP contribution in [0.2, 0.25) is 0 Å². The molecule has 0 saturated heterocycles. The Labute approximate surface area is 153 Å². The van der Waals surface area contributed by atoms with Gasteiger partial charge in [0.1, 0.15) is 11.6 Å². The van der Waals surface area contributed by atoms with Gasteiger partial charge in [0.25, 0.3) is 0 Å². The third-order valence-electron chi connectivity index (χ3n) is 5.00. The van der Waals surface area contributed by atoms with Gasteiger partial charge in [0.15, 0.2) is 0 Å². The van der Waals surface area contributed by atoms with Crippen molar-refractivity contribution in [3.63, 3.8) is 0 Å². The van der Waals surface area contributed by atoms with Crippen molar-refractivity contribution in [3.8, 4) is 0 Å². The Morgan fingerprint density at radius 2 is 1.88 bits per heavy atom. The van der Waals surface area contributed by atoms with E-state index < -0.39 is 11.6 Å². The third kappa shape index (κ3) is 2.54. The van der Waals surface area contributed by atoms with E-state index in [0.717, 1.165) is 22.7 Å².